The Bertz CT molecular complexity index is 1110. The quantitative estimate of drug-likeness (QED) is 0.696. The molecule has 0 radical (unpaired) electrons. The molecule has 0 saturated carbocycles. The summed E-state index contributed by atoms with van der Waals surface area (Å²) in [4.78, 5) is 24.5. The molecular weight excluding hydrogens is 328 g/mol. The summed E-state index contributed by atoms with van der Waals surface area (Å²) in [5.41, 5.74) is 7.92. The topological polar surface area (TPSA) is 88.5 Å². The van der Waals surface area contributed by atoms with Gasteiger partial charge in [0.15, 0.2) is 5.96 Å². The number of guanidine groups is 1. The number of amides is 1. The average Bonchev–Trinajstić information content (AvgIpc) is 3.12. The largest absolute Gasteiger partial charge is 0.370 e. The summed E-state index contributed by atoms with van der Waals surface area (Å²) in [5.74, 6) is 0.492. The number of carbonyl (C=O) groups excluding carboxylic acids is 1. The van der Waals surface area contributed by atoms with Crippen LogP contribution in [-0.4, -0.2) is 28.0 Å². The Balaban J connectivity index is 1.90. The summed E-state index contributed by atoms with van der Waals surface area (Å²) in [6, 6.07) is 15.3. The van der Waals surface area contributed by atoms with E-state index in [0.717, 1.165) is 22.3 Å². The number of fused-ring (bicyclic) bond motifs is 6. The molecule has 1 amide bonds. The van der Waals surface area contributed by atoms with Crippen LogP contribution in [-0.2, 0) is 10.5 Å². The molecule has 2 aliphatic rings. The maximum atomic E-state index is 13.6. The van der Waals surface area contributed by atoms with Crippen molar-refractivity contribution in [3.05, 3.63) is 66.7 Å². The number of para-hydroxylation sites is 3. The van der Waals surface area contributed by atoms with E-state index in [1.807, 2.05) is 53.1 Å². The van der Waals surface area contributed by atoms with Gasteiger partial charge >= 0.3 is 0 Å². The number of benzene rings is 2. The average molecular weight is 344 g/mol. The minimum Gasteiger partial charge on any atom is -0.370 e. The van der Waals surface area contributed by atoms with Gasteiger partial charge in [-0.15, -0.1) is 6.58 Å². The van der Waals surface area contributed by atoms with Crippen LogP contribution in [0.3, 0.4) is 0 Å². The predicted octanol–water partition coefficient (Wildman–Crippen LogP) is 2.01. The third kappa shape index (κ3) is 1.64. The highest BCUT2D eigenvalue weighted by Crippen LogP contribution is 2.47. The van der Waals surface area contributed by atoms with Gasteiger partial charge in [0, 0.05) is 12.1 Å². The Kier molecular flexibility index (Phi) is 2.80. The molecule has 7 heteroatoms. The van der Waals surface area contributed by atoms with Crippen molar-refractivity contribution in [1.82, 2.24) is 9.55 Å². The Morgan fingerprint density at radius 2 is 1.96 bits per heavy atom. The first-order chi connectivity index (χ1) is 12.7. The van der Waals surface area contributed by atoms with Crippen molar-refractivity contribution < 1.29 is 4.79 Å². The molecular formula is C19H16N6O. The molecule has 1 spiro atoms. The zero-order valence-corrected chi connectivity index (χ0v) is 13.9. The van der Waals surface area contributed by atoms with Gasteiger partial charge in [0.05, 0.1) is 16.7 Å². The number of imidazole rings is 1. The lowest BCUT2D eigenvalue weighted by atomic mass is 10.00. The Hall–Kier alpha value is -3.61. The predicted molar refractivity (Wildman–Crippen MR) is 101 cm³/mol. The lowest BCUT2D eigenvalue weighted by Gasteiger charge is -2.32. The number of nitrogens with zero attached hydrogens (tertiary/aromatic N) is 4. The fraction of sp³-hybridized carbons (Fsp3) is 0.105. The fourth-order valence-electron chi connectivity index (χ4n) is 3.86. The van der Waals surface area contributed by atoms with Crippen LogP contribution >= 0.6 is 0 Å². The standard InChI is InChI=1S/C19H16N6O/c1-2-11-24-14-9-5-3-7-12(14)19(16(24)26)23-17(20)22-18-21-13-8-4-6-10-15(13)25(18)19/h2-10H,1,11H2,(H3,20,21,22,23)/t19-/m0/s1. The van der Waals surface area contributed by atoms with Gasteiger partial charge in [-0.1, -0.05) is 36.4 Å². The Labute approximate surface area is 149 Å². The summed E-state index contributed by atoms with van der Waals surface area (Å²) < 4.78 is 1.84. The first-order valence-corrected chi connectivity index (χ1v) is 8.29. The second-order valence-corrected chi connectivity index (χ2v) is 6.28. The molecule has 3 N–H and O–H groups in total. The molecule has 5 rings (SSSR count). The van der Waals surface area contributed by atoms with E-state index in [1.165, 1.54) is 0 Å². The van der Waals surface area contributed by atoms with Crippen LogP contribution in [0.4, 0.5) is 11.6 Å². The zero-order valence-electron chi connectivity index (χ0n) is 13.9. The lowest BCUT2D eigenvalue weighted by molar-refractivity contribution is -0.123. The monoisotopic (exact) mass is 344 g/mol. The van der Waals surface area contributed by atoms with Crippen LogP contribution in [0.2, 0.25) is 0 Å². The lowest BCUT2D eigenvalue weighted by Crippen LogP contribution is -2.49. The van der Waals surface area contributed by atoms with Crippen molar-refractivity contribution in [2.24, 2.45) is 10.7 Å². The van der Waals surface area contributed by atoms with Gasteiger partial charge in [-0.25, -0.2) is 9.98 Å². The molecule has 0 fully saturated rings. The molecule has 1 atom stereocenters. The SMILES string of the molecule is C=CCN1C(=O)[C@]2(N=C(N)Nc3nc4ccccc4n32)c2ccccc21. The Morgan fingerprint density at radius 1 is 1.19 bits per heavy atom. The van der Waals surface area contributed by atoms with Crippen molar-refractivity contribution in [3.63, 3.8) is 0 Å². The minimum atomic E-state index is -1.31. The van der Waals surface area contributed by atoms with E-state index >= 15 is 0 Å². The number of nitrogens with two attached hydrogens (primary N) is 1. The van der Waals surface area contributed by atoms with Gasteiger partial charge in [0.1, 0.15) is 0 Å². The molecule has 0 saturated heterocycles. The second-order valence-electron chi connectivity index (χ2n) is 6.28. The number of hydrogen-bond donors (Lipinski definition) is 2. The van der Waals surface area contributed by atoms with Gasteiger partial charge in [0.2, 0.25) is 11.6 Å². The molecule has 3 heterocycles. The smallest absolute Gasteiger partial charge is 0.281 e. The Morgan fingerprint density at radius 3 is 2.81 bits per heavy atom. The van der Waals surface area contributed by atoms with Crippen molar-refractivity contribution in [2.75, 3.05) is 16.8 Å². The van der Waals surface area contributed by atoms with E-state index in [2.05, 4.69) is 21.9 Å². The number of nitrogens with one attached hydrogen (secondary N) is 1. The highest BCUT2D eigenvalue weighted by atomic mass is 16.2. The van der Waals surface area contributed by atoms with Gasteiger partial charge in [-0.3, -0.25) is 14.7 Å². The second kappa shape index (κ2) is 4.95. The first-order valence-electron chi connectivity index (χ1n) is 8.29. The minimum absolute atomic E-state index is 0.163. The van der Waals surface area contributed by atoms with E-state index in [4.69, 9.17) is 5.73 Å². The van der Waals surface area contributed by atoms with Crippen LogP contribution in [0.15, 0.2) is 66.2 Å². The molecule has 2 aliphatic heterocycles. The maximum absolute atomic E-state index is 13.6. The highest BCUT2D eigenvalue weighted by molar-refractivity contribution is 6.12. The van der Waals surface area contributed by atoms with E-state index in [0.29, 0.717) is 12.5 Å². The van der Waals surface area contributed by atoms with E-state index in [1.54, 1.807) is 11.0 Å². The van der Waals surface area contributed by atoms with Crippen molar-refractivity contribution in [3.8, 4) is 0 Å². The summed E-state index contributed by atoms with van der Waals surface area (Å²) >= 11 is 0. The van der Waals surface area contributed by atoms with Gasteiger partial charge in [-0.2, -0.15) is 0 Å². The van der Waals surface area contributed by atoms with Crippen LogP contribution in [0.5, 0.6) is 0 Å². The van der Waals surface area contributed by atoms with Crippen LogP contribution in [0.25, 0.3) is 11.0 Å². The molecule has 128 valence electrons. The number of anilines is 2. The first kappa shape index (κ1) is 14.7. The van der Waals surface area contributed by atoms with Gasteiger partial charge in [-0.05, 0) is 18.2 Å². The summed E-state index contributed by atoms with van der Waals surface area (Å²) in [7, 11) is 0. The highest BCUT2D eigenvalue weighted by Gasteiger charge is 2.55. The number of rotatable bonds is 2. The molecule has 0 aliphatic carbocycles. The number of aliphatic imine (C=N–C) groups is 1. The van der Waals surface area contributed by atoms with Crippen LogP contribution < -0.4 is 16.0 Å². The number of aromatic nitrogens is 2. The fourth-order valence-corrected chi connectivity index (χ4v) is 3.86. The summed E-state index contributed by atoms with van der Waals surface area (Å²) in [6.45, 7) is 4.17. The molecule has 0 bridgehead atoms. The summed E-state index contributed by atoms with van der Waals surface area (Å²) in [6.07, 6.45) is 1.70. The van der Waals surface area contributed by atoms with E-state index in [-0.39, 0.29) is 11.9 Å². The molecule has 2 aromatic carbocycles. The van der Waals surface area contributed by atoms with E-state index < -0.39 is 5.66 Å². The van der Waals surface area contributed by atoms with Crippen LogP contribution in [0, 0.1) is 0 Å². The van der Waals surface area contributed by atoms with E-state index in [9.17, 15) is 4.79 Å². The van der Waals surface area contributed by atoms with Gasteiger partial charge in [0.25, 0.3) is 5.91 Å². The molecule has 0 unspecified atom stereocenters. The van der Waals surface area contributed by atoms with Gasteiger partial charge < -0.3 is 10.6 Å². The molecule has 3 aromatic rings. The van der Waals surface area contributed by atoms with Crippen molar-refractivity contribution in [1.29, 1.82) is 0 Å². The van der Waals surface area contributed by atoms with Crippen molar-refractivity contribution >= 4 is 34.5 Å². The molecule has 1 aromatic heterocycles. The van der Waals surface area contributed by atoms with Crippen molar-refractivity contribution in [2.45, 2.75) is 5.66 Å². The zero-order chi connectivity index (χ0) is 17.9. The number of carbonyl (C=O) groups is 1. The molecule has 7 nitrogen and oxygen atoms in total. The third-order valence-electron chi connectivity index (χ3n) is 4.83. The van der Waals surface area contributed by atoms with Crippen LogP contribution in [0.1, 0.15) is 5.56 Å². The molecule has 26 heavy (non-hydrogen) atoms. The number of hydrogen-bond acceptors (Lipinski definition) is 5. The normalized spacial score (nSPS) is 20.7. The maximum Gasteiger partial charge on any atom is 0.281 e. The summed E-state index contributed by atoms with van der Waals surface area (Å²) in [5, 5.41) is 2.99. The third-order valence-corrected chi connectivity index (χ3v) is 4.83.